The molecule has 5 aromatic carbocycles. The van der Waals surface area contributed by atoms with Gasteiger partial charge in [0.05, 0.1) is 13.1 Å². The number of aromatic nitrogens is 2. The van der Waals surface area contributed by atoms with Crippen LogP contribution in [0.1, 0.15) is 0 Å². The normalized spacial score (nSPS) is 12.1. The summed E-state index contributed by atoms with van der Waals surface area (Å²) < 4.78 is 4.32. The summed E-state index contributed by atoms with van der Waals surface area (Å²) in [6.07, 6.45) is 8.75. The van der Waals surface area contributed by atoms with Gasteiger partial charge < -0.3 is 5.73 Å². The van der Waals surface area contributed by atoms with E-state index in [2.05, 4.69) is 92.5 Å². The van der Waals surface area contributed by atoms with Crippen LogP contribution in [0.25, 0.3) is 75.1 Å². The lowest BCUT2D eigenvalue weighted by atomic mass is 9.86. The average molecular weight is 443 g/mol. The molecule has 0 aliphatic rings. The Morgan fingerprint density at radius 3 is 1.41 bits per heavy atom. The average Bonchev–Trinajstić information content (AvgIpc) is 2.86. The van der Waals surface area contributed by atoms with Crippen LogP contribution in [0.4, 0.5) is 0 Å². The van der Waals surface area contributed by atoms with Gasteiger partial charge in [-0.25, -0.2) is 9.13 Å². The Balaban J connectivity index is 1.60. The third kappa shape index (κ3) is 2.58. The number of pyridine rings is 2. The van der Waals surface area contributed by atoms with Gasteiger partial charge in [-0.1, -0.05) is 29.4 Å². The van der Waals surface area contributed by atoms with Crippen LogP contribution in [0.5, 0.6) is 0 Å². The Kier molecular flexibility index (Phi) is 4.03. The van der Waals surface area contributed by atoms with Crippen molar-refractivity contribution in [2.24, 2.45) is 10.8 Å². The number of hydrogen-bond acceptors (Lipinski definition) is 2. The van der Waals surface area contributed by atoms with Gasteiger partial charge in [0.1, 0.15) is 0 Å². The molecule has 0 saturated carbocycles. The number of benzene rings is 5. The smallest absolute Gasteiger partial charge is 0.176 e. The molecule has 2 heterocycles. The highest BCUT2D eigenvalue weighted by Crippen LogP contribution is 2.44. The molecule has 0 fully saturated rings. The highest BCUT2D eigenvalue weighted by atomic mass is 15.1. The molecule has 0 saturated heterocycles. The molecule has 2 N–H and O–H groups in total. The fraction of sp³-hybridized carbons (Fsp3) is 0.143. The van der Waals surface area contributed by atoms with Crippen LogP contribution in [0, 0.1) is 0 Å². The summed E-state index contributed by atoms with van der Waals surface area (Å²) in [6, 6.07) is 18.0. The van der Waals surface area contributed by atoms with Crippen LogP contribution >= 0.6 is 0 Å². The zero-order chi connectivity index (χ0) is 22.8. The first kappa shape index (κ1) is 19.2. The van der Waals surface area contributed by atoms with Gasteiger partial charge in [0, 0.05) is 37.2 Å². The standard InChI is InChI=1S/C28H22N6/c29-9-11-33-13-17-1-5-21-23-7-3-19-15-34(12-10-31-32-30)16-20-4-8-24(28(23)26(19)20)22-6-2-18(14-33)25(17)27(21)22/h1-8,13-16H,9-12,29H2/q+2. The van der Waals surface area contributed by atoms with Crippen molar-refractivity contribution in [3.8, 4) is 0 Å². The van der Waals surface area contributed by atoms with Crippen LogP contribution in [-0.2, 0) is 13.1 Å². The maximum absolute atomic E-state index is 8.61. The quantitative estimate of drug-likeness (QED) is 0.0959. The maximum Gasteiger partial charge on any atom is 0.176 e. The molecule has 2 aromatic heterocycles. The molecule has 7 rings (SSSR count). The minimum Gasteiger partial charge on any atom is -0.325 e. The number of rotatable bonds is 5. The van der Waals surface area contributed by atoms with Crippen molar-refractivity contribution in [2.75, 3.05) is 13.1 Å². The monoisotopic (exact) mass is 442 g/mol. The van der Waals surface area contributed by atoms with Gasteiger partial charge in [-0.05, 0) is 62.1 Å². The minimum atomic E-state index is 0.439. The lowest BCUT2D eigenvalue weighted by molar-refractivity contribution is -0.692. The molecule has 6 heteroatoms. The largest absolute Gasteiger partial charge is 0.325 e. The lowest BCUT2D eigenvalue weighted by Gasteiger charge is -2.17. The predicted octanol–water partition coefficient (Wildman–Crippen LogP) is 5.33. The molecule has 0 bridgehead atoms. The summed E-state index contributed by atoms with van der Waals surface area (Å²) in [5.74, 6) is 0. The summed E-state index contributed by atoms with van der Waals surface area (Å²) in [5, 5.41) is 19.0. The van der Waals surface area contributed by atoms with Crippen molar-refractivity contribution in [3.05, 3.63) is 83.8 Å². The summed E-state index contributed by atoms with van der Waals surface area (Å²) in [7, 11) is 0. The van der Waals surface area contributed by atoms with E-state index in [0.717, 1.165) is 6.54 Å². The third-order valence-corrected chi connectivity index (χ3v) is 7.16. The van der Waals surface area contributed by atoms with Crippen LogP contribution in [-0.4, -0.2) is 13.1 Å². The summed E-state index contributed by atoms with van der Waals surface area (Å²) in [4.78, 5) is 2.88. The predicted molar refractivity (Wildman–Crippen MR) is 137 cm³/mol. The maximum atomic E-state index is 8.61. The van der Waals surface area contributed by atoms with Gasteiger partial charge >= 0.3 is 0 Å². The van der Waals surface area contributed by atoms with E-state index < -0.39 is 0 Å². The molecule has 0 amide bonds. The van der Waals surface area contributed by atoms with Crippen molar-refractivity contribution in [3.63, 3.8) is 0 Å². The molecule has 34 heavy (non-hydrogen) atoms. The zero-order valence-electron chi connectivity index (χ0n) is 18.6. The molecular formula is C28H22N6+2. The van der Waals surface area contributed by atoms with E-state index >= 15 is 0 Å². The second kappa shape index (κ2) is 7.12. The van der Waals surface area contributed by atoms with Crippen molar-refractivity contribution < 1.29 is 9.13 Å². The number of nitrogens with zero attached hydrogens (tertiary/aromatic N) is 5. The van der Waals surface area contributed by atoms with E-state index in [0.29, 0.717) is 19.6 Å². The van der Waals surface area contributed by atoms with Crippen molar-refractivity contribution >= 4 is 64.6 Å². The van der Waals surface area contributed by atoms with Gasteiger partial charge in [-0.2, -0.15) is 0 Å². The fourth-order valence-corrected chi connectivity index (χ4v) is 5.83. The molecule has 0 radical (unpaired) electrons. The van der Waals surface area contributed by atoms with E-state index in [9.17, 15) is 0 Å². The lowest BCUT2D eigenvalue weighted by Crippen LogP contribution is -2.36. The number of nitrogens with two attached hydrogens (primary N) is 1. The van der Waals surface area contributed by atoms with Gasteiger partial charge in [0.2, 0.25) is 0 Å². The summed E-state index contributed by atoms with van der Waals surface area (Å²) in [5.41, 5.74) is 14.4. The number of azide groups is 1. The van der Waals surface area contributed by atoms with Crippen LogP contribution < -0.4 is 14.9 Å². The minimum absolute atomic E-state index is 0.439. The van der Waals surface area contributed by atoms with E-state index in [4.69, 9.17) is 11.3 Å². The van der Waals surface area contributed by atoms with Gasteiger partial charge in [0.15, 0.2) is 37.9 Å². The van der Waals surface area contributed by atoms with E-state index in [1.807, 2.05) is 0 Å². The zero-order valence-corrected chi connectivity index (χ0v) is 18.6. The molecule has 0 spiro atoms. The fourth-order valence-electron chi connectivity index (χ4n) is 5.83. The second-order valence-corrected chi connectivity index (χ2v) is 9.04. The molecule has 0 aliphatic heterocycles. The first-order valence-corrected chi connectivity index (χ1v) is 11.6. The highest BCUT2D eigenvalue weighted by Gasteiger charge is 2.20. The van der Waals surface area contributed by atoms with Gasteiger partial charge in [-0.3, -0.25) is 0 Å². The van der Waals surface area contributed by atoms with Crippen LogP contribution in [0.2, 0.25) is 0 Å². The van der Waals surface area contributed by atoms with E-state index in [-0.39, 0.29) is 0 Å². The van der Waals surface area contributed by atoms with E-state index in [1.54, 1.807) is 0 Å². The first-order valence-electron chi connectivity index (χ1n) is 11.6. The van der Waals surface area contributed by atoms with Crippen molar-refractivity contribution in [1.82, 2.24) is 0 Å². The van der Waals surface area contributed by atoms with Crippen LogP contribution in [0.3, 0.4) is 0 Å². The Morgan fingerprint density at radius 1 is 0.618 bits per heavy atom. The highest BCUT2D eigenvalue weighted by molar-refractivity contribution is 6.39. The molecule has 0 unspecified atom stereocenters. The van der Waals surface area contributed by atoms with E-state index in [1.165, 1.54) is 64.6 Å². The molecule has 7 aromatic rings. The Bertz CT molecular complexity index is 1820. The van der Waals surface area contributed by atoms with Crippen molar-refractivity contribution in [2.45, 2.75) is 13.1 Å². The number of fused-ring (bicyclic) bond motifs is 2. The third-order valence-electron chi connectivity index (χ3n) is 7.16. The van der Waals surface area contributed by atoms with Gasteiger partial charge in [0.25, 0.3) is 0 Å². The second-order valence-electron chi connectivity index (χ2n) is 9.04. The van der Waals surface area contributed by atoms with Gasteiger partial charge in [-0.15, -0.1) is 0 Å². The molecule has 0 atom stereocenters. The topological polar surface area (TPSA) is 82.5 Å². The van der Waals surface area contributed by atoms with Crippen LogP contribution in [0.15, 0.2) is 78.4 Å². The molecule has 6 nitrogen and oxygen atoms in total. The Hall–Kier alpha value is -4.25. The molecule has 162 valence electrons. The summed E-state index contributed by atoms with van der Waals surface area (Å²) >= 11 is 0. The summed E-state index contributed by atoms with van der Waals surface area (Å²) in [6.45, 7) is 2.54. The molecule has 0 aliphatic carbocycles. The first-order chi connectivity index (χ1) is 16.8. The number of hydrogen-bond donors (Lipinski definition) is 1. The SMILES string of the molecule is [N-]=[N+]=NCC[n+]1cc2ccc3c4ccc5c[n+](CCN)cc6ccc(c7ccc(c1)c2c37)c4c56. The molecular weight excluding hydrogens is 420 g/mol. The van der Waals surface area contributed by atoms with Crippen molar-refractivity contribution in [1.29, 1.82) is 0 Å². The Labute approximate surface area is 194 Å². The Morgan fingerprint density at radius 2 is 1.03 bits per heavy atom.